The second-order valence-electron chi connectivity index (χ2n) is 5.17. The van der Waals surface area contributed by atoms with Crippen LogP contribution in [0.5, 0.6) is 0 Å². The molecular formula is C15H22N2O2. The molecule has 1 aromatic carbocycles. The van der Waals surface area contributed by atoms with E-state index in [-0.39, 0.29) is 12.5 Å². The predicted molar refractivity (Wildman–Crippen MR) is 76.5 cm³/mol. The van der Waals surface area contributed by atoms with E-state index in [0.717, 1.165) is 19.5 Å². The van der Waals surface area contributed by atoms with E-state index in [4.69, 9.17) is 5.11 Å². The van der Waals surface area contributed by atoms with Crippen molar-refractivity contribution in [3.63, 3.8) is 0 Å². The summed E-state index contributed by atoms with van der Waals surface area (Å²) in [6.07, 6.45) is 1.99. The van der Waals surface area contributed by atoms with E-state index < -0.39 is 5.97 Å². The number of carboxylic acid groups (broad SMARTS) is 1. The second-order valence-corrected chi connectivity index (χ2v) is 5.17. The average Bonchev–Trinajstić information content (AvgIpc) is 2.59. The minimum absolute atomic E-state index is 0.225. The molecule has 2 unspecified atom stereocenters. The molecule has 2 N–H and O–H groups in total. The Bertz CT molecular complexity index is 408. The fourth-order valence-corrected chi connectivity index (χ4v) is 2.77. The molecule has 0 aliphatic carbocycles. The fourth-order valence-electron chi connectivity index (χ4n) is 2.77. The van der Waals surface area contributed by atoms with Crippen molar-refractivity contribution in [1.82, 2.24) is 5.32 Å². The standard InChI is InChI=1S/C15H22N2O2/c1-12-9-10-16-11-14(7-8-15(18)19)17(12)13-5-3-2-4-6-13/h2-6,12,14,16H,7-11H2,1H3,(H,18,19). The zero-order chi connectivity index (χ0) is 13.7. The van der Waals surface area contributed by atoms with Crippen LogP contribution in [0.4, 0.5) is 5.69 Å². The number of benzene rings is 1. The molecule has 1 heterocycles. The smallest absolute Gasteiger partial charge is 0.303 e. The topological polar surface area (TPSA) is 52.6 Å². The van der Waals surface area contributed by atoms with Crippen LogP contribution < -0.4 is 10.2 Å². The highest BCUT2D eigenvalue weighted by molar-refractivity contribution is 5.66. The van der Waals surface area contributed by atoms with Crippen molar-refractivity contribution in [2.75, 3.05) is 18.0 Å². The van der Waals surface area contributed by atoms with Gasteiger partial charge in [0.15, 0.2) is 0 Å². The monoisotopic (exact) mass is 262 g/mol. The third-order valence-corrected chi connectivity index (χ3v) is 3.73. The Morgan fingerprint density at radius 2 is 2.16 bits per heavy atom. The Balaban J connectivity index is 2.18. The lowest BCUT2D eigenvalue weighted by Crippen LogP contribution is -2.44. The lowest BCUT2D eigenvalue weighted by atomic mass is 10.1. The average molecular weight is 262 g/mol. The van der Waals surface area contributed by atoms with Crippen LogP contribution in [0.1, 0.15) is 26.2 Å². The highest BCUT2D eigenvalue weighted by Gasteiger charge is 2.26. The molecule has 0 radical (unpaired) electrons. The van der Waals surface area contributed by atoms with Gasteiger partial charge in [0.1, 0.15) is 0 Å². The van der Waals surface area contributed by atoms with E-state index in [1.165, 1.54) is 5.69 Å². The molecule has 0 aromatic heterocycles. The van der Waals surface area contributed by atoms with Crippen molar-refractivity contribution in [1.29, 1.82) is 0 Å². The van der Waals surface area contributed by atoms with Crippen LogP contribution in [0.3, 0.4) is 0 Å². The molecule has 0 amide bonds. The Hall–Kier alpha value is -1.55. The predicted octanol–water partition coefficient (Wildman–Crippen LogP) is 2.11. The molecule has 2 rings (SSSR count). The molecule has 1 saturated heterocycles. The molecule has 19 heavy (non-hydrogen) atoms. The van der Waals surface area contributed by atoms with Gasteiger partial charge >= 0.3 is 5.97 Å². The van der Waals surface area contributed by atoms with Crippen molar-refractivity contribution in [2.24, 2.45) is 0 Å². The number of hydrogen-bond donors (Lipinski definition) is 2. The van der Waals surface area contributed by atoms with Crippen LogP contribution in [-0.2, 0) is 4.79 Å². The number of carbonyl (C=O) groups is 1. The second kappa shape index (κ2) is 6.57. The molecule has 1 aromatic rings. The number of aliphatic carboxylic acids is 1. The van der Waals surface area contributed by atoms with Gasteiger partial charge in [0.2, 0.25) is 0 Å². The lowest BCUT2D eigenvalue weighted by Gasteiger charge is -2.36. The highest BCUT2D eigenvalue weighted by Crippen LogP contribution is 2.24. The Kier molecular flexibility index (Phi) is 4.80. The summed E-state index contributed by atoms with van der Waals surface area (Å²) in [6, 6.07) is 11.0. The number of carboxylic acids is 1. The zero-order valence-corrected chi connectivity index (χ0v) is 11.4. The van der Waals surface area contributed by atoms with E-state index in [0.29, 0.717) is 12.5 Å². The third kappa shape index (κ3) is 3.70. The van der Waals surface area contributed by atoms with Crippen LogP contribution >= 0.6 is 0 Å². The largest absolute Gasteiger partial charge is 0.481 e. The lowest BCUT2D eigenvalue weighted by molar-refractivity contribution is -0.137. The molecule has 1 aliphatic rings. The van der Waals surface area contributed by atoms with Crippen LogP contribution in [-0.4, -0.2) is 36.2 Å². The van der Waals surface area contributed by atoms with Crippen LogP contribution in [0, 0.1) is 0 Å². The number of hydrogen-bond acceptors (Lipinski definition) is 3. The number of nitrogens with zero attached hydrogens (tertiary/aromatic N) is 1. The zero-order valence-electron chi connectivity index (χ0n) is 11.4. The first-order chi connectivity index (χ1) is 9.18. The Morgan fingerprint density at radius 1 is 1.42 bits per heavy atom. The van der Waals surface area contributed by atoms with Crippen LogP contribution in [0.2, 0.25) is 0 Å². The molecule has 4 nitrogen and oxygen atoms in total. The quantitative estimate of drug-likeness (QED) is 0.872. The minimum Gasteiger partial charge on any atom is -0.481 e. The molecular weight excluding hydrogens is 240 g/mol. The van der Waals surface area contributed by atoms with Gasteiger partial charge in [0, 0.05) is 30.7 Å². The van der Waals surface area contributed by atoms with Crippen molar-refractivity contribution in [3.8, 4) is 0 Å². The van der Waals surface area contributed by atoms with Gasteiger partial charge < -0.3 is 15.3 Å². The minimum atomic E-state index is -0.718. The van der Waals surface area contributed by atoms with Crippen molar-refractivity contribution in [2.45, 2.75) is 38.3 Å². The molecule has 2 atom stereocenters. The van der Waals surface area contributed by atoms with Crippen molar-refractivity contribution in [3.05, 3.63) is 30.3 Å². The summed E-state index contributed by atoms with van der Waals surface area (Å²) in [4.78, 5) is 13.2. The number of anilines is 1. The van der Waals surface area contributed by atoms with E-state index in [9.17, 15) is 4.79 Å². The van der Waals surface area contributed by atoms with Crippen LogP contribution in [0.25, 0.3) is 0 Å². The van der Waals surface area contributed by atoms with Gasteiger partial charge in [-0.2, -0.15) is 0 Å². The summed E-state index contributed by atoms with van der Waals surface area (Å²) in [5.41, 5.74) is 1.19. The summed E-state index contributed by atoms with van der Waals surface area (Å²) in [6.45, 7) is 4.06. The third-order valence-electron chi connectivity index (χ3n) is 3.73. The maximum atomic E-state index is 10.8. The highest BCUT2D eigenvalue weighted by atomic mass is 16.4. The molecule has 0 bridgehead atoms. The summed E-state index contributed by atoms with van der Waals surface area (Å²) in [5.74, 6) is -0.718. The Labute approximate surface area is 114 Å². The first-order valence-corrected chi connectivity index (χ1v) is 6.94. The van der Waals surface area contributed by atoms with E-state index >= 15 is 0 Å². The first kappa shape index (κ1) is 13.9. The van der Waals surface area contributed by atoms with Gasteiger partial charge in [-0.3, -0.25) is 4.79 Å². The Morgan fingerprint density at radius 3 is 2.84 bits per heavy atom. The van der Waals surface area contributed by atoms with Crippen molar-refractivity contribution < 1.29 is 9.90 Å². The number of rotatable bonds is 4. The van der Waals surface area contributed by atoms with Crippen molar-refractivity contribution >= 4 is 11.7 Å². The normalized spacial score (nSPS) is 23.9. The summed E-state index contributed by atoms with van der Waals surface area (Å²) in [5, 5.41) is 12.3. The van der Waals surface area contributed by atoms with E-state index in [2.05, 4.69) is 29.3 Å². The summed E-state index contributed by atoms with van der Waals surface area (Å²) < 4.78 is 0. The molecule has 4 heteroatoms. The van der Waals surface area contributed by atoms with Gasteiger partial charge in [-0.1, -0.05) is 18.2 Å². The summed E-state index contributed by atoms with van der Waals surface area (Å²) in [7, 11) is 0. The van der Waals surface area contributed by atoms with Gasteiger partial charge in [-0.15, -0.1) is 0 Å². The molecule has 0 saturated carbocycles. The molecule has 1 aliphatic heterocycles. The van der Waals surface area contributed by atoms with E-state index in [1.54, 1.807) is 0 Å². The van der Waals surface area contributed by atoms with Crippen LogP contribution in [0.15, 0.2) is 30.3 Å². The SMILES string of the molecule is CC1CCNCC(CCC(=O)O)N1c1ccccc1. The number of nitrogens with one attached hydrogen (secondary N) is 1. The van der Waals surface area contributed by atoms with Gasteiger partial charge in [0.05, 0.1) is 0 Å². The first-order valence-electron chi connectivity index (χ1n) is 6.94. The van der Waals surface area contributed by atoms with Gasteiger partial charge in [0.25, 0.3) is 0 Å². The maximum Gasteiger partial charge on any atom is 0.303 e. The fraction of sp³-hybridized carbons (Fsp3) is 0.533. The molecule has 104 valence electrons. The molecule has 1 fully saturated rings. The van der Waals surface area contributed by atoms with Gasteiger partial charge in [-0.05, 0) is 38.4 Å². The maximum absolute atomic E-state index is 10.8. The van der Waals surface area contributed by atoms with Gasteiger partial charge in [-0.25, -0.2) is 0 Å². The molecule has 0 spiro atoms. The van der Waals surface area contributed by atoms with E-state index in [1.807, 2.05) is 18.2 Å². The number of para-hydroxylation sites is 1. The summed E-state index contributed by atoms with van der Waals surface area (Å²) >= 11 is 0.